The fourth-order valence-electron chi connectivity index (χ4n) is 3.52. The lowest BCUT2D eigenvalue weighted by Crippen LogP contribution is -2.35. The number of nitrogens with zero attached hydrogens (tertiary/aromatic N) is 1. The molecule has 8 nitrogen and oxygen atoms in total. The maximum Gasteiger partial charge on any atom is 0.251 e. The van der Waals surface area contributed by atoms with Crippen molar-refractivity contribution in [1.29, 1.82) is 0 Å². The molecule has 1 unspecified atom stereocenters. The van der Waals surface area contributed by atoms with Gasteiger partial charge in [-0.1, -0.05) is 12.1 Å². The number of anilines is 1. The lowest BCUT2D eigenvalue weighted by atomic mass is 10.1. The third-order valence-corrected chi connectivity index (χ3v) is 5.17. The second-order valence-corrected chi connectivity index (χ2v) is 7.53. The molecule has 2 aromatic rings. The molecule has 1 saturated heterocycles. The Balaban J connectivity index is 1.45. The summed E-state index contributed by atoms with van der Waals surface area (Å²) in [5, 5.41) is 15.0. The number of aromatic hydroxyl groups is 1. The number of rotatable bonds is 8. The minimum Gasteiger partial charge on any atom is -0.508 e. The highest BCUT2D eigenvalue weighted by Gasteiger charge is 2.36. The van der Waals surface area contributed by atoms with E-state index in [9.17, 15) is 19.5 Å². The second kappa shape index (κ2) is 9.97. The first kappa shape index (κ1) is 22.1. The Kier molecular flexibility index (Phi) is 7.12. The van der Waals surface area contributed by atoms with Gasteiger partial charge in [0, 0.05) is 31.6 Å². The molecule has 0 aromatic heterocycles. The summed E-state index contributed by atoms with van der Waals surface area (Å²) in [5.74, 6) is -0.374. The largest absolute Gasteiger partial charge is 0.508 e. The van der Waals surface area contributed by atoms with Gasteiger partial charge in [-0.25, -0.2) is 0 Å². The van der Waals surface area contributed by atoms with Crippen LogP contribution >= 0.6 is 0 Å². The molecule has 1 heterocycles. The second-order valence-electron chi connectivity index (χ2n) is 7.53. The van der Waals surface area contributed by atoms with Crippen molar-refractivity contribution >= 4 is 23.4 Å². The molecule has 8 heteroatoms. The van der Waals surface area contributed by atoms with Crippen LogP contribution in [-0.4, -0.2) is 49.6 Å². The Labute approximate surface area is 181 Å². The van der Waals surface area contributed by atoms with Crippen molar-refractivity contribution in [3.63, 3.8) is 0 Å². The molecule has 164 valence electrons. The van der Waals surface area contributed by atoms with Gasteiger partial charge in [0.15, 0.2) is 0 Å². The highest BCUT2D eigenvalue weighted by Crippen LogP contribution is 2.33. The lowest BCUT2D eigenvalue weighted by molar-refractivity contribution is -0.126. The summed E-state index contributed by atoms with van der Waals surface area (Å²) in [7, 11) is 1.55. The Morgan fingerprint density at radius 3 is 2.68 bits per heavy atom. The monoisotopic (exact) mass is 425 g/mol. The van der Waals surface area contributed by atoms with E-state index in [0.29, 0.717) is 43.1 Å². The van der Waals surface area contributed by atoms with Crippen LogP contribution in [0, 0.1) is 12.8 Å². The number of hydrogen-bond donors (Lipinski definition) is 3. The van der Waals surface area contributed by atoms with E-state index < -0.39 is 5.92 Å². The number of nitrogens with one attached hydrogen (secondary N) is 2. The molecule has 1 aliphatic rings. The molecule has 0 spiro atoms. The molecule has 3 amide bonds. The van der Waals surface area contributed by atoms with Gasteiger partial charge in [-0.15, -0.1) is 0 Å². The number of phenolic OH excluding ortho intramolecular Hbond substituents is 1. The molecule has 3 N–H and O–H groups in total. The summed E-state index contributed by atoms with van der Waals surface area (Å²) in [6.45, 7) is 3.01. The van der Waals surface area contributed by atoms with Gasteiger partial charge in [0.05, 0.1) is 18.7 Å². The van der Waals surface area contributed by atoms with Crippen LogP contribution < -0.4 is 20.3 Å². The van der Waals surface area contributed by atoms with Crippen molar-refractivity contribution in [2.24, 2.45) is 5.92 Å². The summed E-state index contributed by atoms with van der Waals surface area (Å²) < 4.78 is 5.36. The lowest BCUT2D eigenvalue weighted by Gasteiger charge is -2.20. The highest BCUT2D eigenvalue weighted by molar-refractivity contribution is 6.01. The summed E-state index contributed by atoms with van der Waals surface area (Å²) in [6.07, 6.45) is 0.698. The summed E-state index contributed by atoms with van der Waals surface area (Å²) >= 11 is 0. The van der Waals surface area contributed by atoms with Crippen molar-refractivity contribution in [3.05, 3.63) is 53.6 Å². The maximum absolute atomic E-state index is 12.5. The molecule has 1 atom stereocenters. The zero-order chi connectivity index (χ0) is 22.4. The van der Waals surface area contributed by atoms with Crippen LogP contribution in [-0.2, 0) is 9.59 Å². The number of benzene rings is 2. The third-order valence-electron chi connectivity index (χ3n) is 5.17. The van der Waals surface area contributed by atoms with Gasteiger partial charge in [0.1, 0.15) is 11.5 Å². The van der Waals surface area contributed by atoms with Crippen molar-refractivity contribution < 1.29 is 24.2 Å². The van der Waals surface area contributed by atoms with E-state index in [1.807, 2.05) is 25.1 Å². The summed E-state index contributed by atoms with van der Waals surface area (Å²) in [6, 6.07) is 11.7. The van der Waals surface area contributed by atoms with Gasteiger partial charge in [-0.3, -0.25) is 14.4 Å². The molecule has 0 radical (unpaired) electrons. The van der Waals surface area contributed by atoms with E-state index in [-0.39, 0.29) is 29.9 Å². The van der Waals surface area contributed by atoms with E-state index in [1.54, 1.807) is 24.1 Å². The number of aryl methyl sites for hydroxylation is 1. The number of hydrogen-bond acceptors (Lipinski definition) is 5. The predicted molar refractivity (Wildman–Crippen MR) is 116 cm³/mol. The minimum atomic E-state index is -0.431. The van der Waals surface area contributed by atoms with Crippen molar-refractivity contribution in [3.8, 4) is 11.5 Å². The first-order valence-electron chi connectivity index (χ1n) is 10.2. The highest BCUT2D eigenvalue weighted by atomic mass is 16.5. The van der Waals surface area contributed by atoms with Gasteiger partial charge in [0.2, 0.25) is 11.8 Å². The number of phenols is 1. The van der Waals surface area contributed by atoms with E-state index in [4.69, 9.17) is 4.74 Å². The number of amides is 3. The van der Waals surface area contributed by atoms with Crippen molar-refractivity contribution in [2.75, 3.05) is 31.6 Å². The van der Waals surface area contributed by atoms with Crippen LogP contribution in [0.2, 0.25) is 0 Å². The van der Waals surface area contributed by atoms with Gasteiger partial charge < -0.3 is 25.4 Å². The Morgan fingerprint density at radius 1 is 1.16 bits per heavy atom. The van der Waals surface area contributed by atoms with Crippen LogP contribution in [0.25, 0.3) is 0 Å². The summed E-state index contributed by atoms with van der Waals surface area (Å²) in [4.78, 5) is 38.6. The average molecular weight is 425 g/mol. The zero-order valence-corrected chi connectivity index (χ0v) is 17.7. The van der Waals surface area contributed by atoms with Crippen LogP contribution in [0.4, 0.5) is 5.69 Å². The van der Waals surface area contributed by atoms with Crippen molar-refractivity contribution in [2.45, 2.75) is 19.8 Å². The summed E-state index contributed by atoms with van der Waals surface area (Å²) in [5.41, 5.74) is 2.06. The first-order valence-corrected chi connectivity index (χ1v) is 10.2. The Bertz CT molecular complexity index is 975. The molecule has 31 heavy (non-hydrogen) atoms. The normalized spacial score (nSPS) is 15.6. The van der Waals surface area contributed by atoms with Gasteiger partial charge in [-0.2, -0.15) is 0 Å². The van der Waals surface area contributed by atoms with E-state index in [2.05, 4.69) is 10.6 Å². The van der Waals surface area contributed by atoms with Gasteiger partial charge in [-0.05, 0) is 49.2 Å². The third kappa shape index (κ3) is 5.53. The molecular weight excluding hydrogens is 398 g/mol. The zero-order valence-electron chi connectivity index (χ0n) is 17.7. The molecule has 0 saturated carbocycles. The molecule has 0 aliphatic carbocycles. The number of ether oxygens (including phenoxy) is 1. The fourth-order valence-corrected chi connectivity index (χ4v) is 3.52. The molecule has 1 fully saturated rings. The number of methoxy groups -OCH3 is 1. The average Bonchev–Trinajstić information content (AvgIpc) is 3.14. The molecule has 0 bridgehead atoms. The van der Waals surface area contributed by atoms with Crippen molar-refractivity contribution in [1.82, 2.24) is 10.6 Å². The first-order chi connectivity index (χ1) is 14.9. The molecule has 1 aliphatic heterocycles. The van der Waals surface area contributed by atoms with Crippen LogP contribution in [0.15, 0.2) is 42.5 Å². The quantitative estimate of drug-likeness (QED) is 0.561. The van der Waals surface area contributed by atoms with Gasteiger partial charge in [0.25, 0.3) is 5.91 Å². The van der Waals surface area contributed by atoms with Crippen LogP contribution in [0.3, 0.4) is 0 Å². The van der Waals surface area contributed by atoms with Crippen LogP contribution in [0.5, 0.6) is 11.5 Å². The fraction of sp³-hybridized carbons (Fsp3) is 0.348. The van der Waals surface area contributed by atoms with E-state index >= 15 is 0 Å². The predicted octanol–water partition coefficient (Wildman–Crippen LogP) is 2.00. The number of carbonyl (C=O) groups is 3. The maximum atomic E-state index is 12.5. The molecular formula is C23H27N3O5. The number of carbonyl (C=O) groups excluding carboxylic acids is 3. The minimum absolute atomic E-state index is 0.0309. The molecule has 3 rings (SSSR count). The SMILES string of the molecule is COc1ccc(C)cc1N1CC(C(=O)NCCCNC(=O)c2cccc(O)c2)CC1=O. The smallest absolute Gasteiger partial charge is 0.251 e. The topological polar surface area (TPSA) is 108 Å². The van der Waals surface area contributed by atoms with E-state index in [1.165, 1.54) is 12.1 Å². The van der Waals surface area contributed by atoms with Gasteiger partial charge >= 0.3 is 0 Å². The van der Waals surface area contributed by atoms with E-state index in [0.717, 1.165) is 5.56 Å². The van der Waals surface area contributed by atoms with Crippen LogP contribution in [0.1, 0.15) is 28.8 Å². The Hall–Kier alpha value is -3.55. The molecule has 2 aromatic carbocycles. The Morgan fingerprint density at radius 2 is 1.94 bits per heavy atom. The standard InChI is InChI=1S/C23H27N3O5/c1-15-7-8-20(31-2)19(11-15)26-14-17(13-21(26)28)23(30)25-10-4-9-24-22(29)16-5-3-6-18(27)12-16/h3,5-8,11-12,17,27H,4,9-10,13-14H2,1-2H3,(H,24,29)(H,25,30).